The normalized spacial score (nSPS) is 12.8. The molecule has 0 aliphatic carbocycles. The van der Waals surface area contributed by atoms with Crippen LogP contribution in [0.5, 0.6) is 0 Å². The molecule has 8 heteroatoms. The van der Waals surface area contributed by atoms with Gasteiger partial charge in [0.2, 0.25) is 5.91 Å². The van der Waals surface area contributed by atoms with E-state index >= 15 is 0 Å². The SMILES string of the molecule is C[C@H](CC(=O)N[C@@H](CC(=O)[O-])c1cc([N+](=O)[O-])ccc1Cl)c1ccccc1. The number of carbonyl (C=O) groups is 2. The van der Waals surface area contributed by atoms with Crippen LogP contribution in [-0.4, -0.2) is 16.8 Å². The van der Waals surface area contributed by atoms with Gasteiger partial charge in [0.05, 0.1) is 11.0 Å². The van der Waals surface area contributed by atoms with Gasteiger partial charge in [0.1, 0.15) is 0 Å². The number of nitrogens with zero attached hydrogens (tertiary/aromatic N) is 1. The van der Waals surface area contributed by atoms with E-state index < -0.39 is 23.4 Å². The van der Waals surface area contributed by atoms with Crippen molar-refractivity contribution < 1.29 is 19.6 Å². The van der Waals surface area contributed by atoms with Crippen molar-refractivity contribution in [2.75, 3.05) is 0 Å². The number of amides is 1. The van der Waals surface area contributed by atoms with Crippen LogP contribution < -0.4 is 10.4 Å². The molecule has 1 amide bonds. The third-order valence-electron chi connectivity index (χ3n) is 4.13. The van der Waals surface area contributed by atoms with Crippen LogP contribution >= 0.6 is 11.6 Å². The maximum atomic E-state index is 12.4. The van der Waals surface area contributed by atoms with Crippen molar-refractivity contribution in [3.63, 3.8) is 0 Å². The van der Waals surface area contributed by atoms with Gasteiger partial charge in [-0.15, -0.1) is 0 Å². The van der Waals surface area contributed by atoms with Crippen LogP contribution in [0.1, 0.15) is 42.9 Å². The quantitative estimate of drug-likeness (QED) is 0.551. The summed E-state index contributed by atoms with van der Waals surface area (Å²) in [5.41, 5.74) is 0.887. The second-order valence-corrected chi connectivity index (χ2v) is 6.58. The van der Waals surface area contributed by atoms with Crippen molar-refractivity contribution in [2.24, 2.45) is 0 Å². The summed E-state index contributed by atoms with van der Waals surface area (Å²) in [7, 11) is 0. The summed E-state index contributed by atoms with van der Waals surface area (Å²) >= 11 is 6.08. The molecular weight excluding hydrogens is 372 g/mol. The third kappa shape index (κ3) is 5.79. The van der Waals surface area contributed by atoms with Crippen LogP contribution in [0.25, 0.3) is 0 Å². The predicted molar refractivity (Wildman–Crippen MR) is 98.1 cm³/mol. The van der Waals surface area contributed by atoms with Crippen molar-refractivity contribution in [2.45, 2.75) is 31.7 Å². The smallest absolute Gasteiger partial charge is 0.269 e. The molecule has 2 aromatic rings. The molecule has 2 rings (SSSR count). The third-order valence-corrected chi connectivity index (χ3v) is 4.48. The first kappa shape index (κ1) is 20.4. The maximum absolute atomic E-state index is 12.4. The second kappa shape index (κ2) is 9.14. The average Bonchev–Trinajstić information content (AvgIpc) is 2.61. The molecule has 0 bridgehead atoms. The van der Waals surface area contributed by atoms with E-state index in [0.717, 1.165) is 11.6 Å². The number of nitro groups is 1. The van der Waals surface area contributed by atoms with E-state index in [1.165, 1.54) is 12.1 Å². The highest BCUT2D eigenvalue weighted by molar-refractivity contribution is 6.31. The number of non-ortho nitro benzene ring substituents is 1. The van der Waals surface area contributed by atoms with Crippen LogP contribution in [0.2, 0.25) is 5.02 Å². The van der Waals surface area contributed by atoms with Crippen molar-refractivity contribution in [3.8, 4) is 0 Å². The molecule has 2 atom stereocenters. The van der Waals surface area contributed by atoms with Gasteiger partial charge in [-0.25, -0.2) is 0 Å². The molecule has 0 aromatic heterocycles. The van der Waals surface area contributed by atoms with Crippen LogP contribution in [0, 0.1) is 10.1 Å². The standard InChI is InChI=1S/C19H19ClN2O5/c1-12(13-5-3-2-4-6-13)9-18(23)21-17(11-19(24)25)15-10-14(22(26)27)7-8-16(15)20/h2-8,10,12,17H,9,11H2,1H3,(H,21,23)(H,24,25)/p-1/t12-,17+/m1/s1. The first-order valence-electron chi connectivity index (χ1n) is 8.26. The Morgan fingerprint density at radius 3 is 2.41 bits per heavy atom. The van der Waals surface area contributed by atoms with Gasteiger partial charge >= 0.3 is 0 Å². The fraction of sp³-hybridized carbons (Fsp3) is 0.263. The van der Waals surface area contributed by atoms with E-state index in [9.17, 15) is 24.8 Å². The molecular formula is C19H18ClN2O5-. The summed E-state index contributed by atoms with van der Waals surface area (Å²) in [6.07, 6.45) is -0.424. The molecule has 0 saturated carbocycles. The van der Waals surface area contributed by atoms with Crippen molar-refractivity contribution in [3.05, 3.63) is 74.8 Å². The van der Waals surface area contributed by atoms with Gasteiger partial charge in [0.25, 0.3) is 5.69 Å². The fourth-order valence-corrected chi connectivity index (χ4v) is 3.00. The molecule has 0 fully saturated rings. The number of carbonyl (C=O) groups excluding carboxylic acids is 2. The number of halogens is 1. The summed E-state index contributed by atoms with van der Waals surface area (Å²) in [4.78, 5) is 33.9. The van der Waals surface area contributed by atoms with E-state index in [1.54, 1.807) is 0 Å². The average molecular weight is 390 g/mol. The molecule has 0 radical (unpaired) electrons. The Morgan fingerprint density at radius 2 is 1.81 bits per heavy atom. The van der Waals surface area contributed by atoms with Crippen molar-refractivity contribution in [1.29, 1.82) is 0 Å². The topological polar surface area (TPSA) is 112 Å². The zero-order chi connectivity index (χ0) is 20.0. The van der Waals surface area contributed by atoms with Gasteiger partial charge in [0.15, 0.2) is 0 Å². The Balaban J connectivity index is 2.19. The lowest BCUT2D eigenvalue weighted by Crippen LogP contribution is -2.34. The zero-order valence-electron chi connectivity index (χ0n) is 14.6. The Labute approximate surface area is 161 Å². The monoisotopic (exact) mass is 389 g/mol. The number of rotatable bonds is 8. The van der Waals surface area contributed by atoms with Crippen LogP contribution in [-0.2, 0) is 9.59 Å². The Bertz CT molecular complexity index is 841. The lowest BCUT2D eigenvalue weighted by Gasteiger charge is -2.22. The second-order valence-electron chi connectivity index (χ2n) is 6.18. The zero-order valence-corrected chi connectivity index (χ0v) is 15.3. The summed E-state index contributed by atoms with van der Waals surface area (Å²) in [6, 6.07) is 12.0. The lowest BCUT2D eigenvalue weighted by molar-refractivity contribution is -0.385. The Morgan fingerprint density at radius 1 is 1.15 bits per heavy atom. The molecule has 7 nitrogen and oxygen atoms in total. The molecule has 0 spiro atoms. The first-order valence-corrected chi connectivity index (χ1v) is 8.63. The highest BCUT2D eigenvalue weighted by Crippen LogP contribution is 2.29. The summed E-state index contributed by atoms with van der Waals surface area (Å²) in [6.45, 7) is 1.88. The minimum atomic E-state index is -1.40. The number of carboxylic acids is 1. The Hall–Kier alpha value is -2.93. The highest BCUT2D eigenvalue weighted by Gasteiger charge is 2.22. The van der Waals surface area contributed by atoms with Crippen LogP contribution in [0.3, 0.4) is 0 Å². The van der Waals surface area contributed by atoms with E-state index in [4.69, 9.17) is 11.6 Å². The molecule has 0 heterocycles. The lowest BCUT2D eigenvalue weighted by atomic mass is 9.96. The van der Waals surface area contributed by atoms with Crippen molar-refractivity contribution in [1.82, 2.24) is 5.32 Å². The minimum Gasteiger partial charge on any atom is -0.550 e. The molecule has 0 unspecified atom stereocenters. The number of hydrogen-bond acceptors (Lipinski definition) is 5. The molecule has 0 aliphatic heterocycles. The Kier molecular flexibility index (Phi) is 6.90. The van der Waals surface area contributed by atoms with Gasteiger partial charge in [-0.2, -0.15) is 0 Å². The van der Waals surface area contributed by atoms with Crippen LogP contribution in [0.4, 0.5) is 5.69 Å². The number of carboxylic acid groups (broad SMARTS) is 1. The van der Waals surface area contributed by atoms with Gasteiger partial charge in [-0.3, -0.25) is 14.9 Å². The van der Waals surface area contributed by atoms with Gasteiger partial charge in [-0.05, 0) is 17.5 Å². The van der Waals surface area contributed by atoms with Crippen molar-refractivity contribution >= 4 is 29.2 Å². The van der Waals surface area contributed by atoms with E-state index in [2.05, 4.69) is 5.32 Å². The van der Waals surface area contributed by atoms with E-state index in [1.807, 2.05) is 37.3 Å². The van der Waals surface area contributed by atoms with Gasteiger partial charge < -0.3 is 15.2 Å². The first-order chi connectivity index (χ1) is 12.8. The predicted octanol–water partition coefficient (Wildman–Crippen LogP) is 2.74. The number of aliphatic carboxylic acids is 1. The summed E-state index contributed by atoms with van der Waals surface area (Å²) < 4.78 is 0. The summed E-state index contributed by atoms with van der Waals surface area (Å²) in [5, 5.41) is 24.8. The number of hydrogen-bond donors (Lipinski definition) is 1. The molecule has 2 aromatic carbocycles. The van der Waals surface area contributed by atoms with Gasteiger partial charge in [0, 0.05) is 41.5 Å². The molecule has 0 aliphatic rings. The fourth-order valence-electron chi connectivity index (χ4n) is 2.75. The molecule has 27 heavy (non-hydrogen) atoms. The number of benzene rings is 2. The minimum absolute atomic E-state index is 0.0876. The number of nitro benzene ring substituents is 1. The van der Waals surface area contributed by atoms with Crippen LogP contribution in [0.15, 0.2) is 48.5 Å². The largest absolute Gasteiger partial charge is 0.550 e. The molecule has 0 saturated heterocycles. The number of nitrogens with one attached hydrogen (secondary N) is 1. The highest BCUT2D eigenvalue weighted by atomic mass is 35.5. The van der Waals surface area contributed by atoms with E-state index in [-0.39, 0.29) is 34.5 Å². The maximum Gasteiger partial charge on any atom is 0.269 e. The summed E-state index contributed by atoms with van der Waals surface area (Å²) in [5.74, 6) is -1.88. The molecule has 142 valence electrons. The van der Waals surface area contributed by atoms with E-state index in [0.29, 0.717) is 0 Å². The van der Waals surface area contributed by atoms with Gasteiger partial charge in [-0.1, -0.05) is 48.9 Å². The molecule has 1 N–H and O–H groups in total.